The third-order valence-electron chi connectivity index (χ3n) is 2.43. The summed E-state index contributed by atoms with van der Waals surface area (Å²) in [5.74, 6) is 0.839. The summed E-state index contributed by atoms with van der Waals surface area (Å²) in [6.45, 7) is 2.81. The fourth-order valence-electron chi connectivity index (χ4n) is 1.69. The van der Waals surface area contributed by atoms with Crippen LogP contribution in [0.4, 0.5) is 0 Å². The Morgan fingerprint density at radius 2 is 2.33 bits per heavy atom. The third-order valence-corrected chi connectivity index (χ3v) is 2.78. The van der Waals surface area contributed by atoms with E-state index in [0.717, 1.165) is 19.4 Å². The van der Waals surface area contributed by atoms with Crippen molar-refractivity contribution in [3.05, 3.63) is 0 Å². The summed E-state index contributed by atoms with van der Waals surface area (Å²) in [6.07, 6.45) is 4.03. The van der Waals surface area contributed by atoms with Gasteiger partial charge in [0.15, 0.2) is 0 Å². The van der Waals surface area contributed by atoms with Crippen LogP contribution in [0, 0.1) is 0 Å². The lowest BCUT2D eigenvalue weighted by Crippen LogP contribution is -2.44. The predicted molar refractivity (Wildman–Crippen MR) is 50.4 cm³/mol. The van der Waals surface area contributed by atoms with E-state index in [9.17, 15) is 4.79 Å². The van der Waals surface area contributed by atoms with Gasteiger partial charge in [-0.25, -0.2) is 0 Å². The second kappa shape index (κ2) is 4.70. The van der Waals surface area contributed by atoms with Gasteiger partial charge in [-0.2, -0.15) is 0 Å². The molecule has 0 aromatic heterocycles. The number of hydrogen-bond donors (Lipinski definition) is 0. The zero-order chi connectivity index (χ0) is 8.97. The van der Waals surface area contributed by atoms with Crippen LogP contribution >= 0.6 is 11.6 Å². The minimum atomic E-state index is 0.250. The zero-order valence-corrected chi connectivity index (χ0v) is 8.31. The summed E-state index contributed by atoms with van der Waals surface area (Å²) < 4.78 is 0. The van der Waals surface area contributed by atoms with E-state index in [0.29, 0.717) is 18.3 Å². The summed E-state index contributed by atoms with van der Waals surface area (Å²) in [5, 5.41) is 0. The maximum Gasteiger partial charge on any atom is 0.222 e. The first-order valence-corrected chi connectivity index (χ1v) is 5.18. The number of hydrogen-bond acceptors (Lipinski definition) is 1. The third kappa shape index (κ3) is 2.13. The normalized spacial score (nSPS) is 24.2. The van der Waals surface area contributed by atoms with Crippen LogP contribution in [0.2, 0.25) is 0 Å². The highest BCUT2D eigenvalue weighted by Crippen LogP contribution is 2.18. The molecule has 1 unspecified atom stereocenters. The molecule has 1 amide bonds. The molecule has 0 spiro atoms. The van der Waals surface area contributed by atoms with Crippen molar-refractivity contribution in [2.75, 3.05) is 12.4 Å². The highest BCUT2D eigenvalue weighted by Gasteiger charge is 2.24. The molecular weight excluding hydrogens is 174 g/mol. The molecule has 3 heteroatoms. The summed E-state index contributed by atoms with van der Waals surface area (Å²) >= 11 is 5.78. The summed E-state index contributed by atoms with van der Waals surface area (Å²) in [4.78, 5) is 13.3. The van der Waals surface area contributed by atoms with E-state index in [2.05, 4.69) is 0 Å². The Bertz CT molecular complexity index is 161. The first-order chi connectivity index (χ1) is 5.79. The van der Waals surface area contributed by atoms with Gasteiger partial charge >= 0.3 is 0 Å². The lowest BCUT2D eigenvalue weighted by Gasteiger charge is -2.34. The highest BCUT2D eigenvalue weighted by atomic mass is 35.5. The van der Waals surface area contributed by atoms with Gasteiger partial charge in [0.25, 0.3) is 0 Å². The predicted octanol–water partition coefficient (Wildman–Crippen LogP) is 2.02. The van der Waals surface area contributed by atoms with E-state index >= 15 is 0 Å². The Labute approximate surface area is 78.9 Å². The number of amides is 1. The number of alkyl halides is 1. The van der Waals surface area contributed by atoms with Crippen molar-refractivity contribution in [1.29, 1.82) is 0 Å². The van der Waals surface area contributed by atoms with Gasteiger partial charge in [0.05, 0.1) is 0 Å². The Morgan fingerprint density at radius 1 is 1.58 bits per heavy atom. The minimum Gasteiger partial charge on any atom is -0.339 e. The van der Waals surface area contributed by atoms with Gasteiger partial charge in [-0.1, -0.05) is 6.92 Å². The van der Waals surface area contributed by atoms with Crippen LogP contribution < -0.4 is 0 Å². The van der Waals surface area contributed by atoms with Crippen LogP contribution in [0.25, 0.3) is 0 Å². The highest BCUT2D eigenvalue weighted by molar-refractivity contribution is 6.18. The first-order valence-electron chi connectivity index (χ1n) is 4.65. The molecule has 0 aliphatic carbocycles. The van der Waals surface area contributed by atoms with Crippen LogP contribution in [0.15, 0.2) is 0 Å². The molecule has 70 valence electrons. The molecule has 0 bridgehead atoms. The van der Waals surface area contributed by atoms with Gasteiger partial charge < -0.3 is 4.90 Å². The molecule has 2 nitrogen and oxygen atoms in total. The van der Waals surface area contributed by atoms with Crippen molar-refractivity contribution in [1.82, 2.24) is 4.90 Å². The summed E-state index contributed by atoms with van der Waals surface area (Å²) in [6, 6.07) is 0.299. The number of carbonyl (C=O) groups is 1. The average molecular weight is 190 g/mol. The number of rotatable bonds is 2. The van der Waals surface area contributed by atoms with E-state index in [4.69, 9.17) is 11.6 Å². The van der Waals surface area contributed by atoms with Crippen LogP contribution in [0.5, 0.6) is 0 Å². The monoisotopic (exact) mass is 189 g/mol. The second-order valence-electron chi connectivity index (χ2n) is 3.24. The molecule has 1 atom stereocenters. The molecular formula is C9H16ClNO. The number of piperidine rings is 1. The van der Waals surface area contributed by atoms with Crippen molar-refractivity contribution < 1.29 is 4.79 Å². The van der Waals surface area contributed by atoms with E-state index in [1.54, 1.807) is 0 Å². The molecule has 1 saturated heterocycles. The van der Waals surface area contributed by atoms with E-state index < -0.39 is 0 Å². The topological polar surface area (TPSA) is 20.3 Å². The summed E-state index contributed by atoms with van der Waals surface area (Å²) in [7, 11) is 0. The van der Waals surface area contributed by atoms with Gasteiger partial charge in [-0.15, -0.1) is 11.6 Å². The smallest absolute Gasteiger partial charge is 0.222 e. The molecule has 0 radical (unpaired) electrons. The molecule has 12 heavy (non-hydrogen) atoms. The lowest BCUT2D eigenvalue weighted by atomic mass is 10.0. The number of nitrogens with zero attached hydrogens (tertiary/aromatic N) is 1. The molecule has 1 aliphatic rings. The molecule has 1 rings (SSSR count). The van der Waals surface area contributed by atoms with Crippen LogP contribution in [-0.4, -0.2) is 29.3 Å². The second-order valence-corrected chi connectivity index (χ2v) is 3.55. The Hall–Kier alpha value is -0.240. The van der Waals surface area contributed by atoms with Crippen LogP contribution in [-0.2, 0) is 4.79 Å². The molecule has 1 aliphatic heterocycles. The maximum atomic E-state index is 11.4. The standard InChI is InChI=1S/C9H16ClNO/c1-2-9(12)11-6-4-3-5-8(11)7-10/h8H,2-7H2,1H3. The number of carbonyl (C=O) groups excluding carboxylic acids is 1. The lowest BCUT2D eigenvalue weighted by molar-refractivity contribution is -0.133. The molecule has 1 heterocycles. The summed E-state index contributed by atoms with van der Waals surface area (Å²) in [5.41, 5.74) is 0. The molecule has 0 aromatic carbocycles. The van der Waals surface area contributed by atoms with E-state index in [1.807, 2.05) is 11.8 Å². The average Bonchev–Trinajstić information content (AvgIpc) is 2.16. The van der Waals surface area contributed by atoms with Crippen molar-refractivity contribution in [2.45, 2.75) is 38.6 Å². The Kier molecular flexibility index (Phi) is 3.86. The fourth-order valence-corrected chi connectivity index (χ4v) is 2.01. The maximum absolute atomic E-state index is 11.4. The Morgan fingerprint density at radius 3 is 2.92 bits per heavy atom. The molecule has 0 saturated carbocycles. The van der Waals surface area contributed by atoms with E-state index in [-0.39, 0.29) is 5.91 Å². The van der Waals surface area contributed by atoms with Crippen molar-refractivity contribution in [3.63, 3.8) is 0 Å². The zero-order valence-electron chi connectivity index (χ0n) is 7.55. The fraction of sp³-hybridized carbons (Fsp3) is 0.889. The Balaban J connectivity index is 2.52. The molecule has 0 N–H and O–H groups in total. The van der Waals surface area contributed by atoms with Gasteiger partial charge in [0.1, 0.15) is 0 Å². The minimum absolute atomic E-state index is 0.250. The largest absolute Gasteiger partial charge is 0.339 e. The van der Waals surface area contributed by atoms with Crippen LogP contribution in [0.1, 0.15) is 32.6 Å². The van der Waals surface area contributed by atoms with Gasteiger partial charge in [-0.05, 0) is 19.3 Å². The van der Waals surface area contributed by atoms with Gasteiger partial charge in [0, 0.05) is 24.9 Å². The number of halogens is 1. The molecule has 1 fully saturated rings. The quantitative estimate of drug-likeness (QED) is 0.609. The van der Waals surface area contributed by atoms with Crippen molar-refractivity contribution >= 4 is 17.5 Å². The van der Waals surface area contributed by atoms with E-state index in [1.165, 1.54) is 6.42 Å². The van der Waals surface area contributed by atoms with Crippen molar-refractivity contribution in [2.24, 2.45) is 0 Å². The van der Waals surface area contributed by atoms with Gasteiger partial charge in [-0.3, -0.25) is 4.79 Å². The van der Waals surface area contributed by atoms with Gasteiger partial charge in [0.2, 0.25) is 5.91 Å². The van der Waals surface area contributed by atoms with Crippen LogP contribution in [0.3, 0.4) is 0 Å². The SMILES string of the molecule is CCC(=O)N1CCCCC1CCl. The number of likely N-dealkylation sites (tertiary alicyclic amines) is 1. The van der Waals surface area contributed by atoms with Crippen molar-refractivity contribution in [3.8, 4) is 0 Å². The first kappa shape index (κ1) is 9.85. The molecule has 0 aromatic rings.